The van der Waals surface area contributed by atoms with Crippen LogP contribution in [0.3, 0.4) is 0 Å². The maximum absolute atomic E-state index is 13.2. The Morgan fingerprint density at radius 3 is 1.27 bits per heavy atom. The maximum atomic E-state index is 13.2. The third kappa shape index (κ3) is 2.28. The second-order valence-electron chi connectivity index (χ2n) is 6.81. The van der Waals surface area contributed by atoms with E-state index in [1.54, 1.807) is 73.0 Å². The van der Waals surface area contributed by atoms with Gasteiger partial charge in [-0.05, 0) is 12.1 Å². The first-order valence-electron chi connectivity index (χ1n) is 9.06. The molecule has 5 aromatic rings. The highest BCUT2D eigenvalue weighted by molar-refractivity contribution is 6.07. The fourth-order valence-corrected chi connectivity index (χ4v) is 4.06. The maximum Gasteiger partial charge on any atom is 0.206 e. The Labute approximate surface area is 168 Å². The third-order valence-corrected chi connectivity index (χ3v) is 5.33. The Hall–Kier alpha value is -4.68. The van der Waals surface area contributed by atoms with Crippen LogP contribution >= 0.6 is 0 Å². The number of rotatable bonds is 0. The summed E-state index contributed by atoms with van der Waals surface area (Å²) in [4.78, 5) is 34.3. The van der Waals surface area contributed by atoms with Crippen LogP contribution in [0.2, 0.25) is 0 Å². The minimum atomic E-state index is -0.233. The zero-order valence-corrected chi connectivity index (χ0v) is 15.4. The van der Waals surface area contributed by atoms with Gasteiger partial charge < -0.3 is 0 Å². The predicted octanol–water partition coefficient (Wildman–Crippen LogP) is 2.66. The Balaban J connectivity index is 2.20. The minimum Gasteiger partial charge on any atom is -0.289 e. The molecule has 0 radical (unpaired) electrons. The third-order valence-electron chi connectivity index (χ3n) is 5.33. The van der Waals surface area contributed by atoms with Crippen LogP contribution < -0.4 is 21.6 Å². The fraction of sp³-hybridized carbons (Fsp3) is 0. The summed E-state index contributed by atoms with van der Waals surface area (Å²) in [6, 6.07) is 17.0. The molecule has 0 saturated heterocycles. The van der Waals surface area contributed by atoms with Crippen molar-refractivity contribution in [1.82, 2.24) is 0 Å². The van der Waals surface area contributed by atoms with Crippen LogP contribution in [0.1, 0.15) is 0 Å². The van der Waals surface area contributed by atoms with Gasteiger partial charge in [0.15, 0.2) is 10.9 Å². The van der Waals surface area contributed by atoms with E-state index in [9.17, 15) is 20.1 Å². The van der Waals surface area contributed by atoms with Crippen molar-refractivity contribution in [3.63, 3.8) is 0 Å². The zero-order chi connectivity index (χ0) is 20.8. The molecule has 0 fully saturated rings. The lowest BCUT2D eigenvalue weighted by molar-refractivity contribution is 1.36. The Morgan fingerprint density at radius 2 is 0.900 bits per heavy atom. The van der Waals surface area contributed by atoms with Crippen LogP contribution in [0.15, 0.2) is 80.2 Å². The van der Waals surface area contributed by atoms with Gasteiger partial charge in [-0.25, -0.2) is 0 Å². The molecule has 0 spiro atoms. The van der Waals surface area contributed by atoms with E-state index in [0.717, 1.165) is 0 Å². The summed E-state index contributed by atoms with van der Waals surface area (Å²) in [5, 5.41) is 22.6. The van der Waals surface area contributed by atoms with Crippen molar-refractivity contribution in [2.75, 3.05) is 0 Å². The summed E-state index contributed by atoms with van der Waals surface area (Å²) in [7, 11) is 0. The lowest BCUT2D eigenvalue weighted by atomic mass is 9.95. The molecule has 0 amide bonds. The molecule has 5 aromatic carbocycles. The molecular weight excluding hydrogens is 376 g/mol. The molecule has 0 aromatic heterocycles. The van der Waals surface area contributed by atoms with E-state index in [1.165, 1.54) is 0 Å². The quantitative estimate of drug-likeness (QED) is 0.301. The predicted molar refractivity (Wildman–Crippen MR) is 114 cm³/mol. The van der Waals surface area contributed by atoms with E-state index >= 15 is 0 Å². The molecule has 0 aliphatic carbocycles. The molecule has 30 heavy (non-hydrogen) atoms. The summed E-state index contributed by atoms with van der Waals surface area (Å²) >= 11 is 0. The van der Waals surface area contributed by atoms with Crippen molar-refractivity contribution < 1.29 is 0 Å². The summed E-state index contributed by atoms with van der Waals surface area (Å²) < 4.78 is 0. The van der Waals surface area contributed by atoms with Crippen molar-refractivity contribution in [2.45, 2.75) is 0 Å². The smallest absolute Gasteiger partial charge is 0.206 e. The SMILES string of the molecule is N#C/N=c1/c2ccccc2c(=O)c2cc3/c(=N\C#N)c4ccccc4c(=O)c3cc12. The molecule has 5 rings (SSSR count). The van der Waals surface area contributed by atoms with Gasteiger partial charge in [0.05, 0.1) is 10.7 Å². The van der Waals surface area contributed by atoms with Crippen molar-refractivity contribution in [3.05, 3.63) is 91.8 Å². The Morgan fingerprint density at radius 1 is 0.533 bits per heavy atom. The number of nitriles is 2. The van der Waals surface area contributed by atoms with Crippen molar-refractivity contribution >= 4 is 43.1 Å². The molecule has 6 nitrogen and oxygen atoms in total. The lowest BCUT2D eigenvalue weighted by Crippen LogP contribution is -2.18. The molecule has 0 N–H and O–H groups in total. The number of hydrogen-bond acceptors (Lipinski definition) is 6. The van der Waals surface area contributed by atoms with Gasteiger partial charge in [0.25, 0.3) is 0 Å². The molecule has 138 valence electrons. The standard InChI is InChI=1S/C24H10N4O2/c25-11-27-21-13-5-1-3-7-15(13)23(29)19-10-18-20(9-17(19)21)24(30)16-8-4-2-6-14(16)22(18)28-12-26/h1-10H/b27-21-,28-22-. The van der Waals surface area contributed by atoms with Crippen molar-refractivity contribution in [3.8, 4) is 12.4 Å². The van der Waals surface area contributed by atoms with Crippen molar-refractivity contribution in [1.29, 1.82) is 10.5 Å². The zero-order valence-electron chi connectivity index (χ0n) is 15.4. The van der Waals surface area contributed by atoms with Gasteiger partial charge in [0, 0.05) is 43.1 Å². The van der Waals surface area contributed by atoms with Crippen molar-refractivity contribution in [2.24, 2.45) is 9.98 Å². The molecule has 0 heterocycles. The molecule has 6 heteroatoms. The summed E-state index contributed by atoms with van der Waals surface area (Å²) in [6.07, 6.45) is 3.59. The van der Waals surface area contributed by atoms with E-state index in [0.29, 0.717) is 53.8 Å². The normalized spacial score (nSPS) is 12.6. The first kappa shape index (κ1) is 17.4. The second kappa shape index (κ2) is 6.44. The first-order valence-corrected chi connectivity index (χ1v) is 9.06. The van der Waals surface area contributed by atoms with Crippen LogP contribution in [0.4, 0.5) is 0 Å². The molecule has 0 bridgehead atoms. The number of fused-ring (bicyclic) bond motifs is 4. The lowest BCUT2D eigenvalue weighted by Gasteiger charge is -2.07. The van der Waals surface area contributed by atoms with Crippen LogP contribution in [0, 0.1) is 22.9 Å². The Bertz CT molecular complexity index is 1720. The molecule has 0 atom stereocenters. The largest absolute Gasteiger partial charge is 0.289 e. The molecule has 0 aliphatic heterocycles. The average Bonchev–Trinajstić information content (AvgIpc) is 2.78. The van der Waals surface area contributed by atoms with E-state index in [1.807, 2.05) is 0 Å². The summed E-state index contributed by atoms with van der Waals surface area (Å²) in [6.45, 7) is 0. The summed E-state index contributed by atoms with van der Waals surface area (Å²) in [5.41, 5.74) is -0.467. The fourth-order valence-electron chi connectivity index (χ4n) is 4.06. The van der Waals surface area contributed by atoms with Gasteiger partial charge in [0.1, 0.15) is 0 Å². The molecular formula is C24H10N4O2. The van der Waals surface area contributed by atoms with Gasteiger partial charge in [0.2, 0.25) is 12.4 Å². The number of nitrogens with zero attached hydrogens (tertiary/aromatic N) is 4. The number of benzene rings is 5. The molecule has 0 saturated carbocycles. The Kier molecular flexibility index (Phi) is 3.74. The van der Waals surface area contributed by atoms with Gasteiger partial charge >= 0.3 is 0 Å². The van der Waals surface area contributed by atoms with Crippen LogP contribution in [-0.4, -0.2) is 0 Å². The highest BCUT2D eigenvalue weighted by Crippen LogP contribution is 2.20. The van der Waals surface area contributed by atoms with Gasteiger partial charge in [-0.2, -0.15) is 20.5 Å². The number of hydrogen-bond donors (Lipinski definition) is 0. The van der Waals surface area contributed by atoms with Crippen LogP contribution in [-0.2, 0) is 0 Å². The van der Waals surface area contributed by atoms with E-state index in [4.69, 9.17) is 0 Å². The molecule has 0 unspecified atom stereocenters. The highest BCUT2D eigenvalue weighted by Gasteiger charge is 2.15. The van der Waals surface area contributed by atoms with Gasteiger partial charge in [-0.1, -0.05) is 48.5 Å². The van der Waals surface area contributed by atoms with Crippen LogP contribution in [0.25, 0.3) is 43.1 Å². The van der Waals surface area contributed by atoms with E-state index in [2.05, 4.69) is 9.98 Å². The minimum absolute atomic E-state index is 0.233. The van der Waals surface area contributed by atoms with E-state index in [-0.39, 0.29) is 10.9 Å². The first-order chi connectivity index (χ1) is 14.7. The second-order valence-corrected chi connectivity index (χ2v) is 6.81. The monoisotopic (exact) mass is 386 g/mol. The van der Waals surface area contributed by atoms with Crippen LogP contribution in [0.5, 0.6) is 0 Å². The summed E-state index contributed by atoms with van der Waals surface area (Å²) in [5.74, 6) is 0. The average molecular weight is 386 g/mol. The highest BCUT2D eigenvalue weighted by atomic mass is 16.1. The topological polar surface area (TPSA) is 106 Å². The molecule has 0 aliphatic rings. The van der Waals surface area contributed by atoms with Gasteiger partial charge in [-0.15, -0.1) is 0 Å². The van der Waals surface area contributed by atoms with E-state index < -0.39 is 0 Å². The van der Waals surface area contributed by atoms with Gasteiger partial charge in [-0.3, -0.25) is 9.59 Å².